The molecule has 1 rings (SSSR count). The zero-order valence-corrected chi connectivity index (χ0v) is 13.6. The summed E-state index contributed by atoms with van der Waals surface area (Å²) in [6, 6.07) is 0. The minimum atomic E-state index is -0.446. The third-order valence-corrected chi connectivity index (χ3v) is 4.82. The Hall–Kier alpha value is -0.610. The Labute approximate surface area is 124 Å². The molecule has 0 aliphatic heterocycles. The van der Waals surface area contributed by atoms with Crippen LogP contribution >= 0.6 is 0 Å². The van der Waals surface area contributed by atoms with Crippen molar-refractivity contribution in [3.8, 4) is 0 Å². The van der Waals surface area contributed by atoms with Gasteiger partial charge >= 0.3 is 0 Å². The molecule has 0 aromatic rings. The maximum absolute atomic E-state index is 12.0. The fourth-order valence-electron chi connectivity index (χ4n) is 3.58. The average Bonchev–Trinajstić information content (AvgIpc) is 2.84. The molecule has 2 atom stereocenters. The van der Waals surface area contributed by atoms with Crippen LogP contribution in [0.15, 0.2) is 0 Å². The fraction of sp³-hybridized carbons (Fsp3) is 0.938. The summed E-state index contributed by atoms with van der Waals surface area (Å²) in [5, 5.41) is 3.40. The summed E-state index contributed by atoms with van der Waals surface area (Å²) in [5.74, 6) is 0.245. The molecule has 1 saturated carbocycles. The number of hydrogen-bond acceptors (Lipinski definition) is 3. The van der Waals surface area contributed by atoms with Gasteiger partial charge < -0.3 is 16.0 Å². The molecule has 0 radical (unpaired) electrons. The molecule has 0 heterocycles. The number of rotatable bonds is 10. The van der Waals surface area contributed by atoms with Gasteiger partial charge in [-0.3, -0.25) is 4.79 Å². The number of unbranched alkanes of at least 4 members (excludes halogenated alkanes) is 1. The van der Waals surface area contributed by atoms with Crippen molar-refractivity contribution in [1.82, 2.24) is 10.2 Å². The van der Waals surface area contributed by atoms with E-state index in [1.54, 1.807) is 0 Å². The van der Waals surface area contributed by atoms with Crippen LogP contribution in [0, 0.1) is 5.92 Å². The molecule has 1 aliphatic rings. The van der Waals surface area contributed by atoms with Crippen LogP contribution in [0.1, 0.15) is 59.3 Å². The second-order valence-electron chi connectivity index (χ2n) is 6.03. The molecule has 1 aliphatic carbocycles. The smallest absolute Gasteiger partial charge is 0.238 e. The number of carbonyl (C=O) groups is 1. The van der Waals surface area contributed by atoms with Crippen molar-refractivity contribution in [2.45, 2.75) is 64.8 Å². The molecule has 118 valence electrons. The van der Waals surface area contributed by atoms with E-state index >= 15 is 0 Å². The Kier molecular flexibility index (Phi) is 7.52. The molecule has 0 bridgehead atoms. The average molecular weight is 283 g/mol. The van der Waals surface area contributed by atoms with Gasteiger partial charge in [0.15, 0.2) is 0 Å². The predicted molar refractivity (Wildman–Crippen MR) is 84.6 cm³/mol. The van der Waals surface area contributed by atoms with Gasteiger partial charge in [-0.1, -0.05) is 33.6 Å². The largest absolute Gasteiger partial charge is 0.368 e. The van der Waals surface area contributed by atoms with Crippen molar-refractivity contribution in [3.05, 3.63) is 0 Å². The van der Waals surface area contributed by atoms with E-state index in [1.165, 1.54) is 19.4 Å². The first kappa shape index (κ1) is 17.4. The van der Waals surface area contributed by atoms with Gasteiger partial charge in [0.05, 0.1) is 0 Å². The van der Waals surface area contributed by atoms with Crippen molar-refractivity contribution in [3.63, 3.8) is 0 Å². The molecule has 0 spiro atoms. The number of nitrogens with two attached hydrogens (primary N) is 1. The van der Waals surface area contributed by atoms with E-state index in [0.717, 1.165) is 45.3 Å². The predicted octanol–water partition coefficient (Wildman–Crippen LogP) is 2.13. The standard InChI is InChI=1S/C16H33N3O/c1-4-7-12-19(6-3)13-10-14-9-8-11-16(14,15(17)20)18-5-2/h14,18H,4-13H2,1-3H3,(H2,17,20). The van der Waals surface area contributed by atoms with Gasteiger partial charge in [-0.2, -0.15) is 0 Å². The van der Waals surface area contributed by atoms with Crippen molar-refractivity contribution in [2.24, 2.45) is 11.7 Å². The van der Waals surface area contributed by atoms with Gasteiger partial charge in [-0.25, -0.2) is 0 Å². The normalized spacial score (nSPS) is 26.3. The highest BCUT2D eigenvalue weighted by Crippen LogP contribution is 2.38. The lowest BCUT2D eigenvalue weighted by molar-refractivity contribution is -0.126. The molecular weight excluding hydrogens is 250 g/mol. The molecule has 20 heavy (non-hydrogen) atoms. The van der Waals surface area contributed by atoms with E-state index in [9.17, 15) is 4.79 Å². The molecule has 4 nitrogen and oxygen atoms in total. The van der Waals surface area contributed by atoms with Crippen molar-refractivity contribution in [1.29, 1.82) is 0 Å². The van der Waals surface area contributed by atoms with Crippen LogP contribution in [0.25, 0.3) is 0 Å². The van der Waals surface area contributed by atoms with Crippen LogP contribution in [-0.4, -0.2) is 42.5 Å². The molecule has 1 amide bonds. The van der Waals surface area contributed by atoms with Crippen LogP contribution in [0.2, 0.25) is 0 Å². The summed E-state index contributed by atoms with van der Waals surface area (Å²) in [6.45, 7) is 10.7. The molecule has 3 N–H and O–H groups in total. The van der Waals surface area contributed by atoms with Gasteiger partial charge in [0.25, 0.3) is 0 Å². The Morgan fingerprint density at radius 1 is 1.35 bits per heavy atom. The molecule has 1 fully saturated rings. The van der Waals surface area contributed by atoms with Crippen molar-refractivity contribution >= 4 is 5.91 Å². The van der Waals surface area contributed by atoms with E-state index in [-0.39, 0.29) is 5.91 Å². The van der Waals surface area contributed by atoms with E-state index in [0.29, 0.717) is 5.92 Å². The monoisotopic (exact) mass is 283 g/mol. The summed E-state index contributed by atoms with van der Waals surface area (Å²) in [5.41, 5.74) is 5.27. The van der Waals surface area contributed by atoms with Gasteiger partial charge in [0.1, 0.15) is 5.54 Å². The van der Waals surface area contributed by atoms with Crippen LogP contribution < -0.4 is 11.1 Å². The zero-order valence-electron chi connectivity index (χ0n) is 13.6. The maximum Gasteiger partial charge on any atom is 0.238 e. The second kappa shape index (κ2) is 8.63. The van der Waals surface area contributed by atoms with Gasteiger partial charge in [-0.05, 0) is 57.8 Å². The first-order valence-corrected chi connectivity index (χ1v) is 8.38. The summed E-state index contributed by atoms with van der Waals surface area (Å²) in [6.07, 6.45) is 6.72. The highest BCUT2D eigenvalue weighted by Gasteiger charge is 2.46. The number of primary amides is 1. The Balaban J connectivity index is 2.57. The lowest BCUT2D eigenvalue weighted by Gasteiger charge is -2.34. The van der Waals surface area contributed by atoms with E-state index in [4.69, 9.17) is 5.73 Å². The number of likely N-dealkylation sites (N-methyl/N-ethyl adjacent to an activating group) is 1. The summed E-state index contributed by atoms with van der Waals surface area (Å²) in [4.78, 5) is 14.5. The van der Waals surface area contributed by atoms with Crippen LogP contribution in [0.3, 0.4) is 0 Å². The Morgan fingerprint density at radius 3 is 2.65 bits per heavy atom. The second-order valence-corrected chi connectivity index (χ2v) is 6.03. The number of carbonyl (C=O) groups excluding carboxylic acids is 1. The zero-order chi connectivity index (χ0) is 15.0. The number of amides is 1. The molecule has 4 heteroatoms. The first-order valence-electron chi connectivity index (χ1n) is 8.38. The quantitative estimate of drug-likeness (QED) is 0.646. The SMILES string of the molecule is CCCCN(CC)CCC1CCCC1(NCC)C(N)=O. The highest BCUT2D eigenvalue weighted by atomic mass is 16.1. The molecule has 0 saturated heterocycles. The fourth-order valence-corrected chi connectivity index (χ4v) is 3.58. The van der Waals surface area contributed by atoms with Crippen LogP contribution in [-0.2, 0) is 4.79 Å². The van der Waals surface area contributed by atoms with E-state index in [2.05, 4.69) is 31.0 Å². The van der Waals surface area contributed by atoms with Gasteiger partial charge in [-0.15, -0.1) is 0 Å². The Bertz CT molecular complexity index is 295. The van der Waals surface area contributed by atoms with Crippen molar-refractivity contribution in [2.75, 3.05) is 26.2 Å². The summed E-state index contributed by atoms with van der Waals surface area (Å²) >= 11 is 0. The minimum absolute atomic E-state index is 0.154. The van der Waals surface area contributed by atoms with Crippen LogP contribution in [0.5, 0.6) is 0 Å². The lowest BCUT2D eigenvalue weighted by Crippen LogP contribution is -2.58. The van der Waals surface area contributed by atoms with Gasteiger partial charge in [0, 0.05) is 0 Å². The third kappa shape index (κ3) is 4.19. The topological polar surface area (TPSA) is 58.4 Å². The van der Waals surface area contributed by atoms with Crippen molar-refractivity contribution < 1.29 is 4.79 Å². The number of nitrogens with one attached hydrogen (secondary N) is 1. The number of hydrogen-bond donors (Lipinski definition) is 2. The molecule has 0 aromatic carbocycles. The molecule has 0 aromatic heterocycles. The summed E-state index contributed by atoms with van der Waals surface area (Å²) in [7, 11) is 0. The molecule has 2 unspecified atom stereocenters. The van der Waals surface area contributed by atoms with E-state index < -0.39 is 5.54 Å². The molecular formula is C16H33N3O. The van der Waals surface area contributed by atoms with Crippen LogP contribution in [0.4, 0.5) is 0 Å². The first-order chi connectivity index (χ1) is 9.60. The number of nitrogens with zero attached hydrogens (tertiary/aromatic N) is 1. The van der Waals surface area contributed by atoms with Gasteiger partial charge in [0.2, 0.25) is 5.91 Å². The van der Waals surface area contributed by atoms with E-state index in [1.807, 2.05) is 0 Å². The summed E-state index contributed by atoms with van der Waals surface area (Å²) < 4.78 is 0. The minimum Gasteiger partial charge on any atom is -0.368 e. The Morgan fingerprint density at radius 2 is 2.10 bits per heavy atom. The highest BCUT2D eigenvalue weighted by molar-refractivity contribution is 5.85. The maximum atomic E-state index is 12.0. The third-order valence-electron chi connectivity index (χ3n) is 4.82. The lowest BCUT2D eigenvalue weighted by atomic mass is 9.83.